The Hall–Kier alpha value is -5.32. The molecule has 5 amide bonds. The summed E-state index contributed by atoms with van der Waals surface area (Å²) in [5, 5.41) is 5.46. The number of aromatic nitrogens is 2. The minimum absolute atomic E-state index is 0.173. The Morgan fingerprint density at radius 1 is 0.850 bits per heavy atom. The molecule has 3 N–H and O–H groups in total. The normalized spacial score (nSPS) is 22.9. The predicted molar refractivity (Wildman–Crippen MR) is 216 cm³/mol. The van der Waals surface area contributed by atoms with E-state index in [0.29, 0.717) is 55.1 Å². The number of benzene rings is 2. The summed E-state index contributed by atoms with van der Waals surface area (Å²) in [5.74, 6) is 0.271. The first kappa shape index (κ1) is 41.4. The van der Waals surface area contributed by atoms with Crippen LogP contribution in [0.2, 0.25) is 0 Å². The van der Waals surface area contributed by atoms with Crippen LogP contribution in [0, 0.1) is 11.8 Å². The summed E-state index contributed by atoms with van der Waals surface area (Å²) in [4.78, 5) is 67.6. The first-order valence-electron chi connectivity index (χ1n) is 21.1. The Balaban J connectivity index is 0.915. The summed E-state index contributed by atoms with van der Waals surface area (Å²) in [6, 6.07) is 10.5. The number of alkyl halides is 3. The molecule has 1 aliphatic carbocycles. The number of imidazole rings is 1. The van der Waals surface area contributed by atoms with Gasteiger partial charge in [-0.3, -0.25) is 14.5 Å². The Bertz CT molecular complexity index is 2050. The minimum atomic E-state index is -4.97. The van der Waals surface area contributed by atoms with Gasteiger partial charge >= 0.3 is 18.5 Å². The van der Waals surface area contributed by atoms with E-state index in [-0.39, 0.29) is 53.2 Å². The van der Waals surface area contributed by atoms with Crippen molar-refractivity contribution in [3.05, 3.63) is 54.5 Å². The molecule has 322 valence electrons. The van der Waals surface area contributed by atoms with Gasteiger partial charge < -0.3 is 39.8 Å². The summed E-state index contributed by atoms with van der Waals surface area (Å²) in [7, 11) is 1.25. The molecule has 2 aromatic carbocycles. The SMILES string of the molecule is COC(=O)NC(C(=O)N1CCCC1c1ncc(-c2ccc(-c3ccc(NC(=O)N4CC5CCC(C4)N5C4CCN(C(=O)C5CC5)CC4)cc3OC(F)(F)F)cc2)[nH]1)C(C)C. The molecule has 4 unspecified atom stereocenters. The molecule has 5 aliphatic rings. The van der Waals surface area contributed by atoms with Gasteiger partial charge in [-0.05, 0) is 80.5 Å². The molecular weight excluding hydrogens is 782 g/mol. The van der Waals surface area contributed by atoms with Crippen LogP contribution in [0.5, 0.6) is 5.75 Å². The molecule has 4 saturated heterocycles. The van der Waals surface area contributed by atoms with Crippen molar-refractivity contribution in [3.63, 3.8) is 0 Å². The third-order valence-corrected chi connectivity index (χ3v) is 12.8. The zero-order valence-electron chi connectivity index (χ0n) is 34.2. The Kier molecular flexibility index (Phi) is 11.7. The zero-order chi connectivity index (χ0) is 42.3. The first-order chi connectivity index (χ1) is 28.8. The third-order valence-electron chi connectivity index (χ3n) is 12.8. The number of methoxy groups -OCH3 is 1. The van der Waals surface area contributed by atoms with Gasteiger partial charge in [0.15, 0.2) is 0 Å². The highest BCUT2D eigenvalue weighted by molar-refractivity contribution is 5.91. The van der Waals surface area contributed by atoms with Crippen molar-refractivity contribution in [2.24, 2.45) is 11.8 Å². The number of halogens is 3. The quantitative estimate of drug-likeness (QED) is 0.203. The number of urea groups is 1. The summed E-state index contributed by atoms with van der Waals surface area (Å²) in [6.07, 6.45) is 3.27. The standard InChI is InChI=1S/C43H53F3N8O6/c1-25(2)37(50-42(58)59-3)40(56)53-18-4-5-35(53)38-47-22-34(49-38)27-8-6-26(7-9-27)33-15-12-29(21-36(33)60-43(44,45)46)48-41(57)52-23-31-13-14-32(24-52)54(31)30-16-19-51(20-17-30)39(55)28-10-11-28/h6-9,12,15,21-22,25,28,30-32,35,37H,4-5,10-11,13-14,16-20,23-24H2,1-3H3,(H,47,49)(H,48,57)(H,50,58). The molecule has 14 nitrogen and oxygen atoms in total. The van der Waals surface area contributed by atoms with Gasteiger partial charge in [0.25, 0.3) is 0 Å². The highest BCUT2D eigenvalue weighted by Gasteiger charge is 2.46. The lowest BCUT2D eigenvalue weighted by Crippen LogP contribution is -2.60. The topological polar surface area (TPSA) is 152 Å². The van der Waals surface area contributed by atoms with Crippen LogP contribution in [0.25, 0.3) is 22.4 Å². The van der Waals surface area contributed by atoms with E-state index >= 15 is 0 Å². The summed E-state index contributed by atoms with van der Waals surface area (Å²) < 4.78 is 50.5. The number of anilines is 1. The lowest BCUT2D eigenvalue weighted by Gasteiger charge is -2.47. The van der Waals surface area contributed by atoms with Crippen LogP contribution < -0.4 is 15.4 Å². The maximum absolute atomic E-state index is 13.8. The largest absolute Gasteiger partial charge is 0.573 e. The minimum Gasteiger partial charge on any atom is -0.453 e. The van der Waals surface area contributed by atoms with Crippen LogP contribution >= 0.6 is 0 Å². The number of carbonyl (C=O) groups excluding carboxylic acids is 4. The number of alkyl carbamates (subject to hydrolysis) is 1. The number of carbonyl (C=O) groups is 4. The van der Waals surface area contributed by atoms with Crippen LogP contribution in [-0.2, 0) is 14.3 Å². The highest BCUT2D eigenvalue weighted by atomic mass is 19.4. The van der Waals surface area contributed by atoms with E-state index in [1.165, 1.54) is 19.2 Å². The summed E-state index contributed by atoms with van der Waals surface area (Å²) in [6.45, 7) is 6.81. The van der Waals surface area contributed by atoms with E-state index < -0.39 is 24.2 Å². The average Bonchev–Trinajstić information content (AvgIpc) is 3.63. The number of likely N-dealkylation sites (tertiary alicyclic amines) is 3. The number of rotatable bonds is 10. The van der Waals surface area contributed by atoms with E-state index in [4.69, 9.17) is 4.74 Å². The second kappa shape index (κ2) is 17.0. The maximum Gasteiger partial charge on any atom is 0.573 e. The third kappa shape index (κ3) is 8.91. The molecular formula is C43H53F3N8O6. The number of hydrogen-bond acceptors (Lipinski definition) is 8. The van der Waals surface area contributed by atoms with E-state index in [9.17, 15) is 32.3 Å². The van der Waals surface area contributed by atoms with Gasteiger partial charge in [0.1, 0.15) is 17.6 Å². The molecule has 4 aliphatic heterocycles. The number of piperidine rings is 1. The van der Waals surface area contributed by atoms with Crippen molar-refractivity contribution < 1.29 is 41.8 Å². The molecule has 17 heteroatoms. The van der Waals surface area contributed by atoms with E-state index in [1.807, 2.05) is 18.7 Å². The second-order valence-corrected chi connectivity index (χ2v) is 17.1. The van der Waals surface area contributed by atoms with Crippen LogP contribution in [-0.4, -0.2) is 124 Å². The second-order valence-electron chi connectivity index (χ2n) is 17.1. The smallest absolute Gasteiger partial charge is 0.453 e. The number of ether oxygens (including phenoxy) is 2. The Morgan fingerprint density at radius 2 is 1.53 bits per heavy atom. The van der Waals surface area contributed by atoms with Crippen molar-refractivity contribution >= 4 is 29.6 Å². The van der Waals surface area contributed by atoms with Crippen molar-refractivity contribution in [2.75, 3.05) is 45.2 Å². The summed E-state index contributed by atoms with van der Waals surface area (Å²) in [5.41, 5.74) is 2.24. The van der Waals surface area contributed by atoms with E-state index in [1.54, 1.807) is 46.3 Å². The molecule has 4 atom stereocenters. The van der Waals surface area contributed by atoms with Gasteiger partial charge in [-0.25, -0.2) is 14.6 Å². The van der Waals surface area contributed by atoms with Gasteiger partial charge in [-0.1, -0.05) is 38.1 Å². The van der Waals surface area contributed by atoms with Crippen molar-refractivity contribution in [2.45, 2.75) is 102 Å². The van der Waals surface area contributed by atoms with Crippen LogP contribution in [0.15, 0.2) is 48.7 Å². The number of nitrogens with zero attached hydrogens (tertiary/aromatic N) is 5. The molecule has 0 radical (unpaired) electrons. The van der Waals surface area contributed by atoms with Gasteiger partial charge in [-0.15, -0.1) is 13.2 Å². The molecule has 60 heavy (non-hydrogen) atoms. The maximum atomic E-state index is 13.8. The number of aromatic amines is 1. The van der Waals surface area contributed by atoms with Gasteiger partial charge in [0.2, 0.25) is 11.8 Å². The lowest BCUT2D eigenvalue weighted by molar-refractivity contribution is -0.274. The fourth-order valence-electron chi connectivity index (χ4n) is 9.60. The highest BCUT2D eigenvalue weighted by Crippen LogP contribution is 2.40. The van der Waals surface area contributed by atoms with Crippen molar-refractivity contribution in [3.8, 4) is 28.1 Å². The molecule has 3 aromatic rings. The number of hydrogen-bond donors (Lipinski definition) is 3. The lowest BCUT2D eigenvalue weighted by atomic mass is 9.99. The number of nitrogens with one attached hydrogen (secondary N) is 3. The molecule has 2 bridgehead atoms. The van der Waals surface area contributed by atoms with Crippen LogP contribution in [0.3, 0.4) is 0 Å². The fraction of sp³-hybridized carbons (Fsp3) is 0.558. The molecule has 1 aromatic heterocycles. The van der Waals surface area contributed by atoms with Gasteiger partial charge in [0, 0.05) is 74.1 Å². The Morgan fingerprint density at radius 3 is 2.17 bits per heavy atom. The number of amides is 5. The van der Waals surface area contributed by atoms with Crippen molar-refractivity contribution in [1.29, 1.82) is 0 Å². The Labute approximate surface area is 347 Å². The number of H-pyrrole nitrogens is 1. The molecule has 1 saturated carbocycles. The van der Waals surface area contributed by atoms with Crippen LogP contribution in [0.1, 0.15) is 77.1 Å². The molecule has 5 fully saturated rings. The predicted octanol–water partition coefficient (Wildman–Crippen LogP) is 6.77. The summed E-state index contributed by atoms with van der Waals surface area (Å²) >= 11 is 0. The van der Waals surface area contributed by atoms with Gasteiger partial charge in [-0.2, -0.15) is 0 Å². The number of fused-ring (bicyclic) bond motifs is 2. The van der Waals surface area contributed by atoms with Crippen molar-refractivity contribution in [1.82, 2.24) is 34.9 Å². The molecule has 5 heterocycles. The number of piperazine rings is 1. The first-order valence-corrected chi connectivity index (χ1v) is 21.1. The molecule has 8 rings (SSSR count). The van der Waals surface area contributed by atoms with E-state index in [2.05, 4.69) is 30.2 Å². The monoisotopic (exact) mass is 834 g/mol. The zero-order valence-corrected chi connectivity index (χ0v) is 34.2. The fourth-order valence-corrected chi connectivity index (χ4v) is 9.60. The van der Waals surface area contributed by atoms with Gasteiger partial charge in [0.05, 0.1) is 25.0 Å². The van der Waals surface area contributed by atoms with E-state index in [0.717, 1.165) is 63.6 Å². The average molecular weight is 835 g/mol. The molecule has 0 spiro atoms. The van der Waals surface area contributed by atoms with Crippen LogP contribution in [0.4, 0.5) is 28.4 Å².